The normalized spacial score (nSPS) is 17.8. The predicted octanol–water partition coefficient (Wildman–Crippen LogP) is 8.07. The average Bonchev–Trinajstić information content (AvgIpc) is 3.41. The summed E-state index contributed by atoms with van der Waals surface area (Å²) in [6.07, 6.45) is -3.92. The molecule has 214 valence electrons. The molecule has 4 aromatic rings. The second-order valence-corrected chi connectivity index (χ2v) is 10.2. The van der Waals surface area contributed by atoms with E-state index in [2.05, 4.69) is 17.0 Å². The van der Waals surface area contributed by atoms with Gasteiger partial charge in [0.1, 0.15) is 11.3 Å². The molecular weight excluding hydrogens is 545 g/mol. The summed E-state index contributed by atoms with van der Waals surface area (Å²) in [6.45, 7) is 2.22. The molecule has 1 saturated carbocycles. The Balaban J connectivity index is 1.43. The van der Waals surface area contributed by atoms with Crippen LogP contribution in [0, 0.1) is 5.92 Å². The highest BCUT2D eigenvalue weighted by atomic mass is 19.4. The van der Waals surface area contributed by atoms with E-state index in [4.69, 9.17) is 4.74 Å². The first-order chi connectivity index (χ1) is 19.4. The van der Waals surface area contributed by atoms with Crippen molar-refractivity contribution in [3.63, 3.8) is 0 Å². The lowest BCUT2D eigenvalue weighted by molar-refractivity contribution is -0.185. The highest BCUT2D eigenvalue weighted by Crippen LogP contribution is 2.40. The van der Waals surface area contributed by atoms with E-state index in [9.17, 15) is 23.1 Å². The lowest BCUT2D eigenvalue weighted by Crippen LogP contribution is -2.22. The van der Waals surface area contributed by atoms with Crippen LogP contribution < -0.4 is 4.74 Å². The molecule has 0 aliphatic heterocycles. The van der Waals surface area contributed by atoms with Crippen LogP contribution in [0.15, 0.2) is 72.9 Å². The van der Waals surface area contributed by atoms with Crippen LogP contribution in [-0.4, -0.2) is 25.8 Å². The number of alkyl halides is 5. The molecule has 0 atom stereocenters. The number of hydrogen-bond acceptors (Lipinski definition) is 4. The van der Waals surface area contributed by atoms with Crippen LogP contribution in [0.1, 0.15) is 65.7 Å². The molecule has 2 heterocycles. The van der Waals surface area contributed by atoms with Gasteiger partial charge >= 0.3 is 18.3 Å². The van der Waals surface area contributed by atoms with Crippen molar-refractivity contribution in [3.8, 4) is 22.8 Å². The Kier molecular flexibility index (Phi) is 7.54. The van der Waals surface area contributed by atoms with E-state index in [0.29, 0.717) is 22.7 Å². The zero-order valence-corrected chi connectivity index (χ0v) is 21.9. The summed E-state index contributed by atoms with van der Waals surface area (Å²) >= 11 is 0. The van der Waals surface area contributed by atoms with E-state index in [-0.39, 0.29) is 28.4 Å². The lowest BCUT2D eigenvalue weighted by atomic mass is 9.79. The molecule has 0 amide bonds. The number of carboxylic acid groups (broad SMARTS) is 1. The summed E-state index contributed by atoms with van der Waals surface area (Å²) in [4.78, 5) is 15.5. The van der Waals surface area contributed by atoms with Crippen molar-refractivity contribution >= 4 is 5.97 Å². The monoisotopic (exact) mass is 571 g/mol. The Morgan fingerprint density at radius 2 is 1.61 bits per heavy atom. The minimum Gasteiger partial charge on any atom is -0.478 e. The Bertz CT molecular complexity index is 1540. The van der Waals surface area contributed by atoms with Gasteiger partial charge in [-0.1, -0.05) is 50.1 Å². The molecular formula is C30H26F5N3O3. The van der Waals surface area contributed by atoms with Gasteiger partial charge in [0.25, 0.3) is 0 Å². The Morgan fingerprint density at radius 3 is 2.27 bits per heavy atom. The molecule has 2 aromatic heterocycles. The minimum atomic E-state index is -5.05. The quantitative estimate of drug-likeness (QED) is 0.227. The van der Waals surface area contributed by atoms with Gasteiger partial charge in [-0.05, 0) is 66.6 Å². The van der Waals surface area contributed by atoms with Crippen LogP contribution >= 0.6 is 0 Å². The number of ether oxygens (including phenoxy) is 1. The van der Waals surface area contributed by atoms with Crippen LogP contribution in [0.3, 0.4) is 0 Å². The number of benzene rings is 2. The third-order valence-electron chi connectivity index (χ3n) is 7.35. The van der Waals surface area contributed by atoms with Crippen LogP contribution in [0.2, 0.25) is 0 Å². The molecule has 6 nitrogen and oxygen atoms in total. The standard InChI is InChI=1S/C30H26F5N3O3/c1-18-9-11-19(12-10-18)20-13-15-21(16-14-20)30(34,35)41-25-7-3-2-5-22(25)24-6-4-8-26(37-24)38-27(29(31,32)33)23(17-36-38)28(39)40/h2-8,13-19H,9-12H2,1H3,(H,39,40). The van der Waals surface area contributed by atoms with Crippen molar-refractivity contribution in [2.45, 2.75) is 50.8 Å². The number of aromatic nitrogens is 3. The highest BCUT2D eigenvalue weighted by molar-refractivity contribution is 5.89. The largest absolute Gasteiger partial charge is 0.478 e. The van der Waals surface area contributed by atoms with Crippen molar-refractivity contribution in [2.75, 3.05) is 0 Å². The SMILES string of the molecule is CC1CCC(c2ccc(C(F)(F)Oc3ccccc3-c3cccc(-n4ncc(C(=O)O)c4C(F)(F)F)n3)cc2)CC1. The third-order valence-corrected chi connectivity index (χ3v) is 7.35. The molecule has 2 aromatic carbocycles. The maximum absolute atomic E-state index is 15.3. The van der Waals surface area contributed by atoms with Crippen LogP contribution in [-0.2, 0) is 12.3 Å². The van der Waals surface area contributed by atoms with Gasteiger partial charge in [-0.2, -0.15) is 27.1 Å². The summed E-state index contributed by atoms with van der Waals surface area (Å²) in [5, 5.41) is 12.8. The zero-order chi connectivity index (χ0) is 29.4. The summed E-state index contributed by atoms with van der Waals surface area (Å²) in [5.41, 5.74) is -1.76. The number of hydrogen-bond donors (Lipinski definition) is 1. The molecule has 0 radical (unpaired) electrons. The number of aromatic carboxylic acids is 1. The molecule has 11 heteroatoms. The van der Waals surface area contributed by atoms with Crippen LogP contribution in [0.4, 0.5) is 22.0 Å². The second-order valence-electron chi connectivity index (χ2n) is 10.2. The number of halogens is 5. The Morgan fingerprint density at radius 1 is 0.927 bits per heavy atom. The minimum absolute atomic E-state index is 0.0243. The molecule has 0 unspecified atom stereocenters. The smallest absolute Gasteiger partial charge is 0.434 e. The van der Waals surface area contributed by atoms with Gasteiger partial charge in [-0.15, -0.1) is 0 Å². The van der Waals surface area contributed by atoms with Crippen LogP contribution in [0.25, 0.3) is 17.1 Å². The number of carboxylic acids is 1. The number of pyridine rings is 1. The fourth-order valence-electron chi connectivity index (χ4n) is 5.15. The number of rotatable bonds is 7. The fourth-order valence-corrected chi connectivity index (χ4v) is 5.15. The van der Waals surface area contributed by atoms with Crippen molar-refractivity contribution in [2.24, 2.45) is 5.92 Å². The van der Waals surface area contributed by atoms with Gasteiger partial charge in [-0.25, -0.2) is 14.5 Å². The average molecular weight is 572 g/mol. The third kappa shape index (κ3) is 5.94. The first kappa shape index (κ1) is 28.3. The van der Waals surface area contributed by atoms with Crippen molar-refractivity contribution in [1.29, 1.82) is 0 Å². The molecule has 0 spiro atoms. The van der Waals surface area contributed by atoms with E-state index in [1.54, 1.807) is 18.2 Å². The first-order valence-corrected chi connectivity index (χ1v) is 13.1. The van der Waals surface area contributed by atoms with Gasteiger partial charge in [-0.3, -0.25) is 0 Å². The number of para-hydroxylation sites is 1. The van der Waals surface area contributed by atoms with E-state index >= 15 is 8.78 Å². The van der Waals surface area contributed by atoms with Crippen molar-refractivity contribution in [1.82, 2.24) is 14.8 Å². The molecule has 1 fully saturated rings. The maximum atomic E-state index is 15.3. The van der Waals surface area contributed by atoms with E-state index in [0.717, 1.165) is 31.2 Å². The van der Waals surface area contributed by atoms with Gasteiger partial charge in [0, 0.05) is 5.56 Å². The zero-order valence-electron chi connectivity index (χ0n) is 21.9. The fraction of sp³-hybridized carbons (Fsp3) is 0.300. The lowest BCUT2D eigenvalue weighted by Gasteiger charge is -2.27. The molecule has 0 bridgehead atoms. The van der Waals surface area contributed by atoms with Crippen LogP contribution in [0.5, 0.6) is 5.75 Å². The molecule has 1 aliphatic rings. The first-order valence-electron chi connectivity index (χ1n) is 13.1. The summed E-state index contributed by atoms with van der Waals surface area (Å²) < 4.78 is 77.3. The van der Waals surface area contributed by atoms with Gasteiger partial charge < -0.3 is 9.84 Å². The highest BCUT2D eigenvalue weighted by Gasteiger charge is 2.41. The number of carbonyl (C=O) groups is 1. The van der Waals surface area contributed by atoms with E-state index in [1.807, 2.05) is 0 Å². The van der Waals surface area contributed by atoms with Gasteiger partial charge in [0.2, 0.25) is 0 Å². The van der Waals surface area contributed by atoms with Crippen molar-refractivity contribution < 1.29 is 36.6 Å². The summed E-state index contributed by atoms with van der Waals surface area (Å²) in [7, 11) is 0. The maximum Gasteiger partial charge on any atom is 0.434 e. The molecule has 0 saturated heterocycles. The van der Waals surface area contributed by atoms with Gasteiger partial charge in [0.15, 0.2) is 11.5 Å². The van der Waals surface area contributed by atoms with E-state index < -0.39 is 29.5 Å². The Hall–Kier alpha value is -4.28. The number of nitrogens with zero attached hydrogens (tertiary/aromatic N) is 3. The molecule has 5 rings (SSSR count). The summed E-state index contributed by atoms with van der Waals surface area (Å²) in [6, 6.07) is 15.9. The topological polar surface area (TPSA) is 77.2 Å². The molecule has 41 heavy (non-hydrogen) atoms. The molecule has 1 N–H and O–H groups in total. The van der Waals surface area contributed by atoms with Crippen molar-refractivity contribution in [3.05, 3.63) is 95.3 Å². The second kappa shape index (κ2) is 10.9. The predicted molar refractivity (Wildman–Crippen MR) is 140 cm³/mol. The van der Waals surface area contributed by atoms with Gasteiger partial charge in [0.05, 0.1) is 17.5 Å². The Labute approximate surface area is 232 Å². The summed E-state index contributed by atoms with van der Waals surface area (Å²) in [5.74, 6) is -1.38. The van der Waals surface area contributed by atoms with E-state index in [1.165, 1.54) is 48.5 Å². The molecule has 1 aliphatic carbocycles.